The number of allylic oxidation sites excluding steroid dienone is 11. The summed E-state index contributed by atoms with van der Waals surface area (Å²) in [5, 5.41) is 56.8. The molecule has 422 valence electrons. The second kappa shape index (κ2) is 49.9. The minimum atomic E-state index is -1.62. The van der Waals surface area contributed by atoms with Gasteiger partial charge in [-0.1, -0.05) is 216 Å². The first-order chi connectivity index (χ1) is 35.7. The smallest absolute Gasteiger partial charge is 0.306 e. The lowest BCUT2D eigenvalue weighted by atomic mass is 9.99. The highest BCUT2D eigenvalue weighted by Gasteiger charge is 2.47. The van der Waals surface area contributed by atoms with Crippen molar-refractivity contribution in [2.45, 2.75) is 294 Å². The quantitative estimate of drug-likeness (QED) is 0.0195. The fraction of sp³-hybridized carbons (Fsp3) is 0.774. The molecule has 11 heteroatoms. The number of aliphatic hydroxyl groups is 5. The summed E-state index contributed by atoms with van der Waals surface area (Å²) in [5.74, 6) is -1.23. The molecular formula is C62H109NO10. The van der Waals surface area contributed by atoms with Crippen LogP contribution in [-0.2, 0) is 23.8 Å². The number of aliphatic hydroxyl groups excluding tert-OH is 5. The molecule has 11 nitrogen and oxygen atoms in total. The number of rotatable bonds is 49. The Bertz CT molecular complexity index is 1460. The van der Waals surface area contributed by atoms with Crippen molar-refractivity contribution in [2.24, 2.45) is 0 Å². The summed E-state index contributed by atoms with van der Waals surface area (Å²) in [6.07, 6.45) is 52.2. The maximum Gasteiger partial charge on any atom is 0.306 e. The van der Waals surface area contributed by atoms with Crippen LogP contribution in [0.5, 0.6) is 0 Å². The van der Waals surface area contributed by atoms with Crippen molar-refractivity contribution in [3.05, 3.63) is 72.9 Å². The van der Waals surface area contributed by atoms with Gasteiger partial charge in [-0.15, -0.1) is 0 Å². The van der Waals surface area contributed by atoms with Crippen molar-refractivity contribution in [3.63, 3.8) is 0 Å². The maximum absolute atomic E-state index is 13.4. The fourth-order valence-corrected chi connectivity index (χ4v) is 8.80. The number of ether oxygens (including phenoxy) is 3. The number of hydrogen-bond acceptors (Lipinski definition) is 10. The van der Waals surface area contributed by atoms with Crippen molar-refractivity contribution in [3.8, 4) is 0 Å². The Morgan fingerprint density at radius 3 is 1.44 bits per heavy atom. The van der Waals surface area contributed by atoms with E-state index in [1.807, 2.05) is 6.08 Å². The van der Waals surface area contributed by atoms with Crippen LogP contribution in [0.15, 0.2) is 72.9 Å². The van der Waals surface area contributed by atoms with Crippen LogP contribution >= 0.6 is 0 Å². The van der Waals surface area contributed by atoms with Crippen molar-refractivity contribution >= 4 is 11.9 Å². The van der Waals surface area contributed by atoms with Crippen LogP contribution in [0.25, 0.3) is 0 Å². The molecule has 0 spiro atoms. The van der Waals surface area contributed by atoms with E-state index in [9.17, 15) is 35.1 Å². The zero-order valence-electron chi connectivity index (χ0n) is 46.5. The topological polar surface area (TPSA) is 175 Å². The molecule has 0 bridgehead atoms. The Labute approximate surface area is 445 Å². The average Bonchev–Trinajstić information content (AvgIpc) is 3.39. The van der Waals surface area contributed by atoms with Crippen LogP contribution in [0.1, 0.15) is 245 Å². The van der Waals surface area contributed by atoms with Gasteiger partial charge in [-0.2, -0.15) is 0 Å². The zero-order chi connectivity index (χ0) is 53.3. The van der Waals surface area contributed by atoms with Gasteiger partial charge in [0.15, 0.2) is 12.4 Å². The minimum absolute atomic E-state index is 0.109. The molecule has 1 heterocycles. The molecule has 8 unspecified atom stereocenters. The zero-order valence-corrected chi connectivity index (χ0v) is 46.5. The standard InChI is InChI=1S/C62H109NO10/c1-4-7-10-13-16-19-22-24-26-28-30-32-35-38-41-44-47-50-57(67)73-60-59(69)58(68)56(51-64)72-62(60)71-52-53(54(65)48-45-42-39-36-33-21-18-15-12-9-6-3)63-61(70)55(66)49-46-43-40-37-34-31-29-27-25-23-20-17-14-11-8-5-2/h16-17,19-20,24-27,31,34,45,48,53-56,58-60,62,64-66,68-69H,4-15,18,21-23,28-30,32-33,35-44,46-47,49-52H2,1-3H3,(H,63,70)/b19-16-,20-17-,26-24-,27-25-,34-31-,48-45+. The lowest BCUT2D eigenvalue weighted by Crippen LogP contribution is -2.61. The predicted molar refractivity (Wildman–Crippen MR) is 301 cm³/mol. The fourth-order valence-electron chi connectivity index (χ4n) is 8.80. The van der Waals surface area contributed by atoms with E-state index in [0.717, 1.165) is 103 Å². The molecule has 0 saturated carbocycles. The summed E-state index contributed by atoms with van der Waals surface area (Å²) in [5.41, 5.74) is 0. The van der Waals surface area contributed by atoms with Gasteiger partial charge in [-0.3, -0.25) is 9.59 Å². The van der Waals surface area contributed by atoms with E-state index < -0.39 is 67.4 Å². The van der Waals surface area contributed by atoms with E-state index in [4.69, 9.17) is 14.2 Å². The Kier molecular flexibility index (Phi) is 46.6. The molecule has 1 saturated heterocycles. The Hall–Kier alpha value is -2.90. The number of hydrogen-bond donors (Lipinski definition) is 6. The van der Waals surface area contributed by atoms with Crippen LogP contribution in [-0.4, -0.2) is 99.6 Å². The van der Waals surface area contributed by atoms with Crippen LogP contribution in [0.2, 0.25) is 0 Å². The van der Waals surface area contributed by atoms with Gasteiger partial charge < -0.3 is 45.1 Å². The SMILES string of the molecule is CCCCC/C=C\C/C=C\C/C=C\CCCCCC(O)C(=O)NC(COC1OC(CO)C(O)C(O)C1OC(=O)CCCCCCCCC/C=C\C/C=C\CCCCC)C(O)/C=C/CCCCCCCCCCC. The highest BCUT2D eigenvalue weighted by molar-refractivity contribution is 5.80. The molecule has 1 fully saturated rings. The summed E-state index contributed by atoms with van der Waals surface area (Å²) < 4.78 is 17.6. The first-order valence-corrected chi connectivity index (χ1v) is 29.7. The first-order valence-electron chi connectivity index (χ1n) is 29.7. The third-order valence-corrected chi connectivity index (χ3v) is 13.6. The average molecular weight is 1030 g/mol. The van der Waals surface area contributed by atoms with Crippen molar-refractivity contribution in [1.29, 1.82) is 0 Å². The third-order valence-electron chi connectivity index (χ3n) is 13.6. The second-order valence-electron chi connectivity index (χ2n) is 20.4. The molecule has 0 radical (unpaired) electrons. The number of amides is 1. The van der Waals surface area contributed by atoms with Crippen molar-refractivity contribution in [2.75, 3.05) is 13.2 Å². The molecule has 0 aromatic carbocycles. The predicted octanol–water partition coefficient (Wildman–Crippen LogP) is 13.6. The lowest BCUT2D eigenvalue weighted by Gasteiger charge is -2.41. The Balaban J connectivity index is 2.72. The van der Waals surface area contributed by atoms with Crippen LogP contribution < -0.4 is 5.32 Å². The largest absolute Gasteiger partial charge is 0.454 e. The highest BCUT2D eigenvalue weighted by atomic mass is 16.7. The summed E-state index contributed by atoms with van der Waals surface area (Å²) in [7, 11) is 0. The van der Waals surface area contributed by atoms with Gasteiger partial charge >= 0.3 is 5.97 Å². The lowest BCUT2D eigenvalue weighted by molar-refractivity contribution is -0.305. The van der Waals surface area contributed by atoms with Gasteiger partial charge in [0.05, 0.1) is 25.4 Å². The number of esters is 1. The molecule has 0 aliphatic carbocycles. The molecule has 1 amide bonds. The van der Waals surface area contributed by atoms with Crippen LogP contribution in [0, 0.1) is 0 Å². The van der Waals surface area contributed by atoms with E-state index in [2.05, 4.69) is 86.8 Å². The molecule has 73 heavy (non-hydrogen) atoms. The molecular weight excluding hydrogens is 919 g/mol. The van der Waals surface area contributed by atoms with Crippen molar-refractivity contribution in [1.82, 2.24) is 5.32 Å². The number of carbonyl (C=O) groups excluding carboxylic acids is 2. The summed E-state index contributed by atoms with van der Waals surface area (Å²) >= 11 is 0. The van der Waals surface area contributed by atoms with E-state index in [0.29, 0.717) is 12.8 Å². The van der Waals surface area contributed by atoms with Gasteiger partial charge in [-0.25, -0.2) is 0 Å². The number of carbonyl (C=O) groups is 2. The van der Waals surface area contributed by atoms with Crippen LogP contribution in [0.3, 0.4) is 0 Å². The molecule has 6 N–H and O–H groups in total. The van der Waals surface area contributed by atoms with Crippen molar-refractivity contribution < 1.29 is 49.3 Å². The maximum atomic E-state index is 13.4. The molecule has 0 aromatic rings. The van der Waals surface area contributed by atoms with Gasteiger partial charge in [0.1, 0.15) is 24.4 Å². The van der Waals surface area contributed by atoms with E-state index in [-0.39, 0.29) is 19.4 Å². The highest BCUT2D eigenvalue weighted by Crippen LogP contribution is 2.26. The van der Waals surface area contributed by atoms with E-state index in [1.54, 1.807) is 6.08 Å². The first kappa shape index (κ1) is 68.1. The Morgan fingerprint density at radius 2 is 0.945 bits per heavy atom. The number of nitrogens with one attached hydrogen (secondary N) is 1. The monoisotopic (exact) mass is 1030 g/mol. The Morgan fingerprint density at radius 1 is 0.534 bits per heavy atom. The molecule has 0 aromatic heterocycles. The van der Waals surface area contributed by atoms with Crippen LogP contribution in [0.4, 0.5) is 0 Å². The van der Waals surface area contributed by atoms with Gasteiger partial charge in [0, 0.05) is 6.42 Å². The minimum Gasteiger partial charge on any atom is -0.454 e. The summed E-state index contributed by atoms with van der Waals surface area (Å²) in [4.78, 5) is 26.5. The normalized spacial score (nSPS) is 19.9. The summed E-state index contributed by atoms with van der Waals surface area (Å²) in [6, 6.07) is -1.04. The van der Waals surface area contributed by atoms with Gasteiger partial charge in [0.2, 0.25) is 5.91 Å². The number of unbranched alkanes of at least 4 members (excludes halogenated alkanes) is 25. The van der Waals surface area contributed by atoms with Gasteiger partial charge in [-0.05, 0) is 96.3 Å². The van der Waals surface area contributed by atoms with Gasteiger partial charge in [0.25, 0.3) is 0 Å². The summed E-state index contributed by atoms with van der Waals surface area (Å²) in [6.45, 7) is 5.70. The molecule has 1 aliphatic rings. The molecule has 1 aliphatic heterocycles. The third kappa shape index (κ3) is 38.3. The van der Waals surface area contributed by atoms with E-state index >= 15 is 0 Å². The molecule has 8 atom stereocenters. The van der Waals surface area contributed by atoms with E-state index in [1.165, 1.54) is 96.3 Å². The second-order valence-corrected chi connectivity index (χ2v) is 20.4. The molecule has 1 rings (SSSR count).